The minimum absolute atomic E-state index is 0.0316. The van der Waals surface area contributed by atoms with Crippen molar-refractivity contribution < 1.29 is 9.18 Å². The average molecular weight is 303 g/mol. The van der Waals surface area contributed by atoms with Crippen molar-refractivity contribution in [3.63, 3.8) is 0 Å². The zero-order valence-electron chi connectivity index (χ0n) is 10.1. The van der Waals surface area contributed by atoms with E-state index in [1.54, 1.807) is 6.07 Å². The monoisotopic (exact) mass is 302 g/mol. The van der Waals surface area contributed by atoms with Crippen LogP contribution in [0.25, 0.3) is 0 Å². The van der Waals surface area contributed by atoms with Crippen molar-refractivity contribution in [3.8, 4) is 0 Å². The molecular weight excluding hydrogens is 287 g/mol. The van der Waals surface area contributed by atoms with E-state index in [0.717, 1.165) is 0 Å². The van der Waals surface area contributed by atoms with Crippen LogP contribution in [0.3, 0.4) is 0 Å². The second kappa shape index (κ2) is 6.12. The fraction of sp³-hybridized carbons (Fsp3) is 0.417. The molecule has 0 fully saturated rings. The van der Waals surface area contributed by atoms with Crippen LogP contribution in [0.1, 0.15) is 17.3 Å². The van der Waals surface area contributed by atoms with E-state index in [1.165, 1.54) is 12.1 Å². The molecule has 1 N–H and O–H groups in total. The lowest BCUT2D eigenvalue weighted by atomic mass is 10.2. The molecule has 1 aromatic rings. The van der Waals surface area contributed by atoms with E-state index < -0.39 is 11.7 Å². The van der Waals surface area contributed by atoms with Gasteiger partial charge in [-0.3, -0.25) is 4.79 Å². The first-order valence-electron chi connectivity index (χ1n) is 5.31. The van der Waals surface area contributed by atoms with Crippen molar-refractivity contribution in [2.24, 2.45) is 0 Å². The van der Waals surface area contributed by atoms with Crippen LogP contribution >= 0.6 is 15.9 Å². The number of carbonyl (C=O) groups is 1. The highest BCUT2D eigenvalue weighted by Crippen LogP contribution is 2.15. The van der Waals surface area contributed by atoms with Gasteiger partial charge in [0.25, 0.3) is 5.91 Å². The molecule has 1 rings (SSSR count). The Morgan fingerprint density at radius 1 is 1.53 bits per heavy atom. The molecule has 0 radical (unpaired) electrons. The van der Waals surface area contributed by atoms with Gasteiger partial charge in [0.1, 0.15) is 5.82 Å². The summed E-state index contributed by atoms with van der Waals surface area (Å²) in [6, 6.07) is 4.29. The Bertz CT molecular complexity index is 409. The van der Waals surface area contributed by atoms with Crippen LogP contribution in [0.5, 0.6) is 0 Å². The number of hydrogen-bond donors (Lipinski definition) is 1. The fourth-order valence-corrected chi connectivity index (χ4v) is 1.93. The maximum Gasteiger partial charge on any atom is 0.254 e. The third-order valence-electron chi connectivity index (χ3n) is 2.19. The molecular formula is C12H16BrFN2O. The predicted molar refractivity (Wildman–Crippen MR) is 69.6 cm³/mol. The SMILES string of the molecule is CC(CN(C)C)NC(=O)c1cc(Br)ccc1F. The van der Waals surface area contributed by atoms with Crippen LogP contribution in [0.2, 0.25) is 0 Å². The molecule has 0 spiro atoms. The number of amides is 1. The lowest BCUT2D eigenvalue weighted by Crippen LogP contribution is -2.39. The number of carbonyl (C=O) groups excluding carboxylic acids is 1. The van der Waals surface area contributed by atoms with Gasteiger partial charge in [-0.1, -0.05) is 15.9 Å². The highest BCUT2D eigenvalue weighted by molar-refractivity contribution is 9.10. The van der Waals surface area contributed by atoms with Gasteiger partial charge in [-0.2, -0.15) is 0 Å². The number of rotatable bonds is 4. The molecule has 1 atom stereocenters. The van der Waals surface area contributed by atoms with E-state index in [-0.39, 0.29) is 11.6 Å². The van der Waals surface area contributed by atoms with Crippen LogP contribution in [-0.2, 0) is 0 Å². The third-order valence-corrected chi connectivity index (χ3v) is 2.68. The summed E-state index contributed by atoms with van der Waals surface area (Å²) in [5, 5.41) is 2.75. The maximum atomic E-state index is 13.4. The van der Waals surface area contributed by atoms with Gasteiger partial charge in [0.05, 0.1) is 5.56 Å². The molecule has 0 saturated heterocycles. The Morgan fingerprint density at radius 3 is 2.76 bits per heavy atom. The van der Waals surface area contributed by atoms with Crippen molar-refractivity contribution in [1.82, 2.24) is 10.2 Å². The Labute approximate surface area is 109 Å². The van der Waals surface area contributed by atoms with Gasteiger partial charge in [-0.15, -0.1) is 0 Å². The van der Waals surface area contributed by atoms with E-state index in [2.05, 4.69) is 21.2 Å². The van der Waals surface area contributed by atoms with Crippen LogP contribution in [-0.4, -0.2) is 37.5 Å². The first-order valence-corrected chi connectivity index (χ1v) is 6.10. The summed E-state index contributed by atoms with van der Waals surface area (Å²) < 4.78 is 14.1. The van der Waals surface area contributed by atoms with Gasteiger partial charge in [0.15, 0.2) is 0 Å². The minimum atomic E-state index is -0.511. The Morgan fingerprint density at radius 2 is 2.18 bits per heavy atom. The van der Waals surface area contributed by atoms with E-state index >= 15 is 0 Å². The van der Waals surface area contributed by atoms with E-state index in [1.807, 2.05) is 25.9 Å². The Kier molecular flexibility index (Phi) is 5.08. The summed E-state index contributed by atoms with van der Waals surface area (Å²) >= 11 is 3.22. The van der Waals surface area contributed by atoms with Crippen molar-refractivity contribution in [3.05, 3.63) is 34.1 Å². The van der Waals surface area contributed by atoms with Gasteiger partial charge >= 0.3 is 0 Å². The normalized spacial score (nSPS) is 12.6. The highest BCUT2D eigenvalue weighted by Gasteiger charge is 2.14. The zero-order valence-corrected chi connectivity index (χ0v) is 11.7. The molecule has 3 nitrogen and oxygen atoms in total. The van der Waals surface area contributed by atoms with Gasteiger partial charge < -0.3 is 10.2 Å². The first-order chi connectivity index (χ1) is 7.90. The molecule has 0 saturated carbocycles. The molecule has 0 bridgehead atoms. The predicted octanol–water partition coefficient (Wildman–Crippen LogP) is 2.27. The molecule has 1 amide bonds. The van der Waals surface area contributed by atoms with Gasteiger partial charge in [0.2, 0.25) is 0 Å². The number of benzene rings is 1. The molecule has 0 aliphatic heterocycles. The van der Waals surface area contributed by atoms with Crippen LogP contribution in [0, 0.1) is 5.82 Å². The molecule has 17 heavy (non-hydrogen) atoms. The van der Waals surface area contributed by atoms with E-state index in [9.17, 15) is 9.18 Å². The molecule has 0 aliphatic rings. The van der Waals surface area contributed by atoms with Crippen molar-refractivity contribution in [2.75, 3.05) is 20.6 Å². The van der Waals surface area contributed by atoms with Crippen molar-refractivity contribution >= 4 is 21.8 Å². The highest BCUT2D eigenvalue weighted by atomic mass is 79.9. The smallest absolute Gasteiger partial charge is 0.254 e. The number of halogens is 2. The van der Waals surface area contributed by atoms with Crippen LogP contribution in [0.4, 0.5) is 4.39 Å². The maximum absolute atomic E-state index is 13.4. The second-order valence-electron chi connectivity index (χ2n) is 4.26. The fourth-order valence-electron chi connectivity index (χ4n) is 1.57. The summed E-state index contributed by atoms with van der Waals surface area (Å²) in [6.45, 7) is 2.59. The molecule has 94 valence electrons. The number of hydrogen-bond acceptors (Lipinski definition) is 2. The van der Waals surface area contributed by atoms with Gasteiger partial charge in [0, 0.05) is 17.1 Å². The van der Waals surface area contributed by atoms with Crippen molar-refractivity contribution in [2.45, 2.75) is 13.0 Å². The summed E-state index contributed by atoms with van der Waals surface area (Å²) in [4.78, 5) is 13.8. The van der Waals surface area contributed by atoms with Crippen LogP contribution in [0.15, 0.2) is 22.7 Å². The lowest BCUT2D eigenvalue weighted by Gasteiger charge is -2.18. The Hall–Kier alpha value is -0.940. The second-order valence-corrected chi connectivity index (χ2v) is 5.18. The lowest BCUT2D eigenvalue weighted by molar-refractivity contribution is 0.0930. The molecule has 5 heteroatoms. The molecule has 0 aliphatic carbocycles. The van der Waals surface area contributed by atoms with Crippen LogP contribution < -0.4 is 5.32 Å². The van der Waals surface area contributed by atoms with E-state index in [0.29, 0.717) is 11.0 Å². The molecule has 1 aromatic carbocycles. The summed E-state index contributed by atoms with van der Waals surface area (Å²) in [5.41, 5.74) is 0.0602. The quantitative estimate of drug-likeness (QED) is 0.925. The summed E-state index contributed by atoms with van der Waals surface area (Å²) in [7, 11) is 3.84. The third kappa shape index (κ3) is 4.44. The number of nitrogens with one attached hydrogen (secondary N) is 1. The Balaban J connectivity index is 2.73. The molecule has 0 aromatic heterocycles. The van der Waals surface area contributed by atoms with E-state index in [4.69, 9.17) is 0 Å². The van der Waals surface area contributed by atoms with Gasteiger partial charge in [-0.05, 0) is 39.2 Å². The molecule has 0 heterocycles. The van der Waals surface area contributed by atoms with Gasteiger partial charge in [-0.25, -0.2) is 4.39 Å². The molecule has 1 unspecified atom stereocenters. The topological polar surface area (TPSA) is 32.3 Å². The minimum Gasteiger partial charge on any atom is -0.348 e. The largest absolute Gasteiger partial charge is 0.348 e. The summed E-state index contributed by atoms with van der Waals surface area (Å²) in [5.74, 6) is -0.902. The summed E-state index contributed by atoms with van der Waals surface area (Å²) in [6.07, 6.45) is 0. The average Bonchev–Trinajstić information content (AvgIpc) is 2.20. The number of nitrogens with zero attached hydrogens (tertiary/aromatic N) is 1. The van der Waals surface area contributed by atoms with Crippen molar-refractivity contribution in [1.29, 1.82) is 0 Å². The standard InChI is InChI=1S/C12H16BrFN2O/c1-8(7-16(2)3)15-12(17)10-6-9(13)4-5-11(10)14/h4-6,8H,7H2,1-3H3,(H,15,17). The zero-order chi connectivity index (χ0) is 13.0. The number of likely N-dealkylation sites (N-methyl/N-ethyl adjacent to an activating group) is 1. The first kappa shape index (κ1) is 14.1.